The van der Waals surface area contributed by atoms with Gasteiger partial charge in [0.2, 0.25) is 0 Å². The van der Waals surface area contributed by atoms with E-state index in [-0.39, 0.29) is 19.4 Å². The number of hydrogen-bond acceptors (Lipinski definition) is 6. The second-order valence-electron chi connectivity index (χ2n) is 14.0. The van der Waals surface area contributed by atoms with Crippen molar-refractivity contribution in [3.8, 4) is 0 Å². The lowest BCUT2D eigenvalue weighted by molar-refractivity contribution is -0.161. The van der Waals surface area contributed by atoms with Crippen LogP contribution in [0.4, 0.5) is 0 Å². The molecule has 0 aromatic heterocycles. The molecule has 0 rings (SSSR count). The normalized spacial score (nSPS) is 12.8. The second kappa shape index (κ2) is 38.0. The quantitative estimate of drug-likeness (QED) is 0.0278. The van der Waals surface area contributed by atoms with Crippen LogP contribution in [0.3, 0.4) is 0 Å². The Morgan fingerprint density at radius 2 is 0.882 bits per heavy atom. The standard InChI is InChI=1S/C42H77O8P/c1-3-5-7-9-11-13-15-17-19-21-23-24-26-28-30-32-34-36-41(43)48-38-40(39-49-51(45,46)47)50-42(44)37-35-33-31-29-27-25-22-20-18-16-14-12-10-8-6-4-2/h14,16-17,19-20,22,40H,3-13,15,18,21,23-39H2,1-2H3,(H2,45,46,47)/b16-14-,19-17-,22-20-. The first-order valence-corrected chi connectivity index (χ1v) is 22.3. The average molecular weight is 741 g/mol. The van der Waals surface area contributed by atoms with E-state index in [0.717, 1.165) is 70.6 Å². The largest absolute Gasteiger partial charge is 0.469 e. The van der Waals surface area contributed by atoms with Crippen LogP contribution in [0.1, 0.15) is 200 Å². The third-order valence-corrected chi connectivity index (χ3v) is 9.37. The number of allylic oxidation sites excluding steroid dienone is 6. The zero-order valence-corrected chi connectivity index (χ0v) is 33.6. The predicted octanol–water partition coefficient (Wildman–Crippen LogP) is 12.6. The van der Waals surface area contributed by atoms with Gasteiger partial charge in [0.1, 0.15) is 6.61 Å². The molecule has 0 bridgehead atoms. The van der Waals surface area contributed by atoms with Crippen LogP contribution in [0.25, 0.3) is 0 Å². The number of hydrogen-bond donors (Lipinski definition) is 2. The summed E-state index contributed by atoms with van der Waals surface area (Å²) in [5, 5.41) is 0. The van der Waals surface area contributed by atoms with Gasteiger partial charge in [-0.3, -0.25) is 14.1 Å². The third kappa shape index (κ3) is 40.9. The van der Waals surface area contributed by atoms with E-state index in [1.165, 1.54) is 96.3 Å². The fraction of sp³-hybridized carbons (Fsp3) is 0.810. The summed E-state index contributed by atoms with van der Waals surface area (Å²) in [4.78, 5) is 42.8. The maximum absolute atomic E-state index is 12.4. The highest BCUT2D eigenvalue weighted by Gasteiger charge is 2.22. The van der Waals surface area contributed by atoms with Gasteiger partial charge < -0.3 is 19.3 Å². The van der Waals surface area contributed by atoms with E-state index in [4.69, 9.17) is 19.3 Å². The molecule has 0 saturated heterocycles. The van der Waals surface area contributed by atoms with Crippen molar-refractivity contribution in [1.82, 2.24) is 0 Å². The fourth-order valence-corrected chi connectivity index (χ4v) is 6.11. The number of phosphoric ester groups is 1. The molecule has 0 radical (unpaired) electrons. The highest BCUT2D eigenvalue weighted by molar-refractivity contribution is 7.46. The van der Waals surface area contributed by atoms with Crippen molar-refractivity contribution >= 4 is 19.8 Å². The fourth-order valence-electron chi connectivity index (χ4n) is 5.75. The molecule has 0 amide bonds. The van der Waals surface area contributed by atoms with E-state index in [1.807, 2.05) is 0 Å². The van der Waals surface area contributed by atoms with Crippen LogP contribution in [0.2, 0.25) is 0 Å². The zero-order valence-electron chi connectivity index (χ0n) is 32.8. The second-order valence-corrected chi connectivity index (χ2v) is 15.2. The first-order valence-electron chi connectivity index (χ1n) is 20.8. The first kappa shape index (κ1) is 49.3. The number of ether oxygens (including phenoxy) is 2. The van der Waals surface area contributed by atoms with Crippen LogP contribution in [0, 0.1) is 0 Å². The maximum Gasteiger partial charge on any atom is 0.469 e. The monoisotopic (exact) mass is 741 g/mol. The van der Waals surface area contributed by atoms with Crippen molar-refractivity contribution in [3.63, 3.8) is 0 Å². The molecule has 0 aromatic rings. The Kier molecular flexibility index (Phi) is 36.7. The Labute approximate surface area is 312 Å². The Bertz CT molecular complexity index is 926. The Hall–Kier alpha value is -1.73. The molecule has 51 heavy (non-hydrogen) atoms. The Balaban J connectivity index is 3.95. The van der Waals surface area contributed by atoms with Crippen LogP contribution in [0.5, 0.6) is 0 Å². The number of carbonyl (C=O) groups is 2. The van der Waals surface area contributed by atoms with Crippen LogP contribution >= 0.6 is 7.82 Å². The summed E-state index contributed by atoms with van der Waals surface area (Å²) in [6, 6.07) is 0. The molecule has 0 spiro atoms. The third-order valence-electron chi connectivity index (χ3n) is 8.88. The van der Waals surface area contributed by atoms with Gasteiger partial charge in [0.05, 0.1) is 6.61 Å². The van der Waals surface area contributed by atoms with Crippen molar-refractivity contribution in [1.29, 1.82) is 0 Å². The number of rotatable bonds is 38. The smallest absolute Gasteiger partial charge is 0.462 e. The van der Waals surface area contributed by atoms with E-state index < -0.39 is 32.5 Å². The van der Waals surface area contributed by atoms with Gasteiger partial charge in [-0.1, -0.05) is 153 Å². The van der Waals surface area contributed by atoms with Gasteiger partial charge in [-0.15, -0.1) is 0 Å². The van der Waals surface area contributed by atoms with Gasteiger partial charge in [0.15, 0.2) is 6.10 Å². The molecule has 0 heterocycles. The molecular weight excluding hydrogens is 663 g/mol. The van der Waals surface area contributed by atoms with Crippen LogP contribution < -0.4 is 0 Å². The number of carbonyl (C=O) groups excluding carboxylic acids is 2. The molecule has 8 nitrogen and oxygen atoms in total. The minimum atomic E-state index is -4.76. The van der Waals surface area contributed by atoms with E-state index in [9.17, 15) is 14.2 Å². The van der Waals surface area contributed by atoms with Crippen molar-refractivity contribution in [2.45, 2.75) is 206 Å². The first-order chi connectivity index (χ1) is 24.8. The lowest BCUT2D eigenvalue weighted by Gasteiger charge is -2.18. The summed E-state index contributed by atoms with van der Waals surface area (Å²) < 4.78 is 26.4. The minimum Gasteiger partial charge on any atom is -0.462 e. The number of phosphoric acid groups is 1. The molecule has 0 saturated carbocycles. The highest BCUT2D eigenvalue weighted by Crippen LogP contribution is 2.36. The Morgan fingerprint density at radius 3 is 1.33 bits per heavy atom. The molecule has 9 heteroatoms. The molecular formula is C42H77O8P. The summed E-state index contributed by atoms with van der Waals surface area (Å²) >= 11 is 0. The summed E-state index contributed by atoms with van der Waals surface area (Å²) in [7, 11) is -4.76. The molecule has 298 valence electrons. The maximum atomic E-state index is 12.4. The molecule has 0 aliphatic rings. The molecule has 0 aromatic carbocycles. The molecule has 0 aliphatic heterocycles. The summed E-state index contributed by atoms with van der Waals surface area (Å²) in [6.45, 7) is 3.65. The molecule has 1 unspecified atom stereocenters. The lowest BCUT2D eigenvalue weighted by Crippen LogP contribution is -2.29. The van der Waals surface area contributed by atoms with E-state index >= 15 is 0 Å². The van der Waals surface area contributed by atoms with Crippen LogP contribution in [-0.2, 0) is 28.2 Å². The van der Waals surface area contributed by atoms with Gasteiger partial charge >= 0.3 is 19.8 Å². The molecule has 0 fully saturated rings. The van der Waals surface area contributed by atoms with Crippen LogP contribution in [0.15, 0.2) is 36.5 Å². The lowest BCUT2D eigenvalue weighted by atomic mass is 10.1. The van der Waals surface area contributed by atoms with E-state index in [2.05, 4.69) is 54.8 Å². The average Bonchev–Trinajstić information content (AvgIpc) is 3.10. The molecule has 2 N–H and O–H groups in total. The van der Waals surface area contributed by atoms with Crippen molar-refractivity contribution in [3.05, 3.63) is 36.5 Å². The zero-order chi connectivity index (χ0) is 37.5. The van der Waals surface area contributed by atoms with Gasteiger partial charge in [-0.05, 0) is 70.6 Å². The van der Waals surface area contributed by atoms with Gasteiger partial charge in [0, 0.05) is 12.8 Å². The Morgan fingerprint density at radius 1 is 0.510 bits per heavy atom. The van der Waals surface area contributed by atoms with Crippen molar-refractivity contribution in [2.75, 3.05) is 13.2 Å². The van der Waals surface area contributed by atoms with Gasteiger partial charge in [0.25, 0.3) is 0 Å². The van der Waals surface area contributed by atoms with Gasteiger partial charge in [-0.2, -0.15) is 0 Å². The summed E-state index contributed by atoms with van der Waals surface area (Å²) in [5.41, 5.74) is 0. The minimum absolute atomic E-state index is 0.195. The number of unbranched alkanes of at least 4 members (excludes halogenated alkanes) is 22. The van der Waals surface area contributed by atoms with Crippen molar-refractivity contribution in [2.24, 2.45) is 0 Å². The van der Waals surface area contributed by atoms with E-state index in [1.54, 1.807) is 0 Å². The van der Waals surface area contributed by atoms with E-state index in [0.29, 0.717) is 6.42 Å². The molecule has 0 aliphatic carbocycles. The van der Waals surface area contributed by atoms with Crippen molar-refractivity contribution < 1.29 is 37.9 Å². The predicted molar refractivity (Wildman–Crippen MR) is 211 cm³/mol. The van der Waals surface area contributed by atoms with Gasteiger partial charge in [-0.25, -0.2) is 4.57 Å². The highest BCUT2D eigenvalue weighted by atomic mass is 31.2. The molecule has 1 atom stereocenters. The topological polar surface area (TPSA) is 119 Å². The SMILES string of the molecule is CCCCCC/C=C\C/C=C\CCCCCCCC(=O)OC(COC(=O)CCCCCCCCC/C=C\CCCCCCCC)COP(=O)(O)O. The summed E-state index contributed by atoms with van der Waals surface area (Å²) in [6.07, 6.45) is 44.3. The number of esters is 2. The van der Waals surface area contributed by atoms with Crippen LogP contribution in [-0.4, -0.2) is 41.0 Å². The summed E-state index contributed by atoms with van der Waals surface area (Å²) in [5.74, 6) is -0.903.